The van der Waals surface area contributed by atoms with E-state index in [0.29, 0.717) is 5.75 Å². The summed E-state index contributed by atoms with van der Waals surface area (Å²) in [5.74, 6) is 0.371. The van der Waals surface area contributed by atoms with E-state index in [1.54, 1.807) is 18.2 Å². The van der Waals surface area contributed by atoms with Gasteiger partial charge >= 0.3 is 0 Å². The van der Waals surface area contributed by atoms with Crippen LogP contribution in [-0.2, 0) is 6.42 Å². The highest BCUT2D eigenvalue weighted by molar-refractivity contribution is 5.25. The highest BCUT2D eigenvalue weighted by Crippen LogP contribution is 2.04. The van der Waals surface area contributed by atoms with Crippen LogP contribution in [0, 0.1) is 0 Å². The number of hydrogen-bond donors (Lipinski definition) is 0. The van der Waals surface area contributed by atoms with Crippen LogP contribution in [0.25, 0.3) is 0 Å². The SMILES string of the molecule is C=CCc1ccc(OC)c(=O)cc1. The summed E-state index contributed by atoms with van der Waals surface area (Å²) in [6.07, 6.45) is 2.56. The number of ether oxygens (including phenoxy) is 1. The molecule has 2 heteroatoms. The van der Waals surface area contributed by atoms with Crippen molar-refractivity contribution in [2.24, 2.45) is 0 Å². The minimum atomic E-state index is -0.0992. The summed E-state index contributed by atoms with van der Waals surface area (Å²) in [4.78, 5) is 11.3. The Hall–Kier alpha value is -1.57. The van der Waals surface area contributed by atoms with Gasteiger partial charge in [-0.3, -0.25) is 4.79 Å². The molecule has 0 saturated carbocycles. The van der Waals surface area contributed by atoms with Crippen molar-refractivity contribution < 1.29 is 4.74 Å². The molecule has 0 fully saturated rings. The normalized spacial score (nSPS) is 9.31. The summed E-state index contributed by atoms with van der Waals surface area (Å²) < 4.78 is 4.90. The summed E-state index contributed by atoms with van der Waals surface area (Å²) in [5.41, 5.74) is 0.952. The fourth-order valence-electron chi connectivity index (χ4n) is 1.06. The van der Waals surface area contributed by atoms with Crippen LogP contribution in [0.4, 0.5) is 0 Å². The average molecular weight is 176 g/mol. The van der Waals surface area contributed by atoms with Crippen LogP contribution in [-0.4, -0.2) is 7.11 Å². The molecular formula is C11H12O2. The summed E-state index contributed by atoms with van der Waals surface area (Å²) in [5, 5.41) is 0. The van der Waals surface area contributed by atoms with Gasteiger partial charge in [-0.15, -0.1) is 6.58 Å². The molecule has 0 radical (unpaired) electrons. The van der Waals surface area contributed by atoms with Gasteiger partial charge < -0.3 is 4.74 Å². The fourth-order valence-corrected chi connectivity index (χ4v) is 1.06. The van der Waals surface area contributed by atoms with E-state index in [4.69, 9.17) is 4.74 Å². The first-order valence-corrected chi connectivity index (χ1v) is 4.06. The molecule has 0 unspecified atom stereocenters. The third-order valence-electron chi connectivity index (χ3n) is 1.74. The standard InChI is InChI=1S/C11H12O2/c1-3-4-9-5-7-10(12)11(13-2)8-6-9/h3,5-8H,1,4H2,2H3. The van der Waals surface area contributed by atoms with Crippen molar-refractivity contribution in [3.05, 3.63) is 52.7 Å². The first kappa shape index (κ1) is 9.52. The molecule has 0 aliphatic heterocycles. The molecule has 1 aromatic carbocycles. The molecule has 1 rings (SSSR count). The van der Waals surface area contributed by atoms with Gasteiger partial charge in [0.25, 0.3) is 0 Å². The quantitative estimate of drug-likeness (QED) is 0.656. The predicted molar refractivity (Wildman–Crippen MR) is 53.2 cm³/mol. The lowest BCUT2D eigenvalue weighted by Gasteiger charge is -1.90. The third kappa shape index (κ3) is 2.44. The maximum atomic E-state index is 11.3. The Morgan fingerprint density at radius 2 is 2.08 bits per heavy atom. The average Bonchev–Trinajstić information content (AvgIpc) is 2.30. The molecule has 0 bridgehead atoms. The Balaban J connectivity index is 3.15. The van der Waals surface area contributed by atoms with Gasteiger partial charge in [0.05, 0.1) is 7.11 Å². The first-order valence-electron chi connectivity index (χ1n) is 4.06. The van der Waals surface area contributed by atoms with Crippen molar-refractivity contribution in [1.82, 2.24) is 0 Å². The first-order chi connectivity index (χ1) is 6.27. The molecule has 0 N–H and O–H groups in total. The molecular weight excluding hydrogens is 164 g/mol. The van der Waals surface area contributed by atoms with Crippen LogP contribution >= 0.6 is 0 Å². The highest BCUT2D eigenvalue weighted by Gasteiger charge is 1.94. The number of hydrogen-bond acceptors (Lipinski definition) is 2. The van der Waals surface area contributed by atoms with Crippen LogP contribution in [0.5, 0.6) is 5.75 Å². The third-order valence-corrected chi connectivity index (χ3v) is 1.74. The zero-order valence-corrected chi connectivity index (χ0v) is 7.62. The van der Waals surface area contributed by atoms with Gasteiger partial charge in [0.2, 0.25) is 5.43 Å². The predicted octanol–water partition coefficient (Wildman–Crippen LogP) is 1.78. The second kappa shape index (κ2) is 4.45. The Morgan fingerprint density at radius 1 is 1.38 bits per heavy atom. The molecule has 0 aliphatic rings. The lowest BCUT2D eigenvalue weighted by molar-refractivity contribution is 0.411. The number of methoxy groups -OCH3 is 1. The Kier molecular flexibility index (Phi) is 3.26. The van der Waals surface area contributed by atoms with E-state index in [0.717, 1.165) is 12.0 Å². The molecule has 0 saturated heterocycles. The molecule has 0 aromatic heterocycles. The summed E-state index contributed by atoms with van der Waals surface area (Å²) in [7, 11) is 1.49. The zero-order valence-electron chi connectivity index (χ0n) is 7.62. The van der Waals surface area contributed by atoms with Crippen molar-refractivity contribution in [1.29, 1.82) is 0 Å². The maximum absolute atomic E-state index is 11.3. The van der Waals surface area contributed by atoms with Crippen LogP contribution in [0.2, 0.25) is 0 Å². The molecule has 0 amide bonds. The van der Waals surface area contributed by atoms with E-state index in [2.05, 4.69) is 6.58 Å². The smallest absolute Gasteiger partial charge is 0.220 e. The molecule has 13 heavy (non-hydrogen) atoms. The lowest BCUT2D eigenvalue weighted by Crippen LogP contribution is -1.98. The monoisotopic (exact) mass is 176 g/mol. The highest BCUT2D eigenvalue weighted by atomic mass is 16.5. The van der Waals surface area contributed by atoms with E-state index >= 15 is 0 Å². The van der Waals surface area contributed by atoms with Crippen molar-refractivity contribution in [3.8, 4) is 5.75 Å². The van der Waals surface area contributed by atoms with E-state index in [9.17, 15) is 4.79 Å². The minimum absolute atomic E-state index is 0.0992. The molecule has 0 atom stereocenters. The van der Waals surface area contributed by atoms with Crippen LogP contribution in [0.1, 0.15) is 5.56 Å². The molecule has 0 aliphatic carbocycles. The van der Waals surface area contributed by atoms with Crippen LogP contribution in [0.3, 0.4) is 0 Å². The molecule has 2 nitrogen and oxygen atoms in total. The van der Waals surface area contributed by atoms with Crippen molar-refractivity contribution in [3.63, 3.8) is 0 Å². The maximum Gasteiger partial charge on any atom is 0.220 e. The summed E-state index contributed by atoms with van der Waals surface area (Å²) in [6.45, 7) is 3.63. The Morgan fingerprint density at radius 3 is 2.69 bits per heavy atom. The summed E-state index contributed by atoms with van der Waals surface area (Å²) in [6, 6.07) is 6.84. The number of rotatable bonds is 3. The minimum Gasteiger partial charge on any atom is -0.493 e. The van der Waals surface area contributed by atoms with E-state index < -0.39 is 0 Å². The van der Waals surface area contributed by atoms with Gasteiger partial charge in [-0.1, -0.05) is 18.2 Å². The molecule has 0 spiro atoms. The van der Waals surface area contributed by atoms with Gasteiger partial charge in [-0.25, -0.2) is 0 Å². The largest absolute Gasteiger partial charge is 0.493 e. The topological polar surface area (TPSA) is 26.3 Å². The van der Waals surface area contributed by atoms with Crippen molar-refractivity contribution in [2.75, 3.05) is 7.11 Å². The van der Waals surface area contributed by atoms with E-state index in [1.165, 1.54) is 13.2 Å². The second-order valence-electron chi connectivity index (χ2n) is 2.67. The van der Waals surface area contributed by atoms with Gasteiger partial charge in [0, 0.05) is 0 Å². The van der Waals surface area contributed by atoms with Crippen molar-refractivity contribution in [2.45, 2.75) is 6.42 Å². The van der Waals surface area contributed by atoms with Gasteiger partial charge in [-0.05, 0) is 24.1 Å². The van der Waals surface area contributed by atoms with Crippen molar-refractivity contribution >= 4 is 0 Å². The van der Waals surface area contributed by atoms with Gasteiger partial charge in [-0.2, -0.15) is 0 Å². The Bertz CT molecular complexity index is 356. The molecule has 0 heterocycles. The van der Waals surface area contributed by atoms with E-state index in [-0.39, 0.29) is 5.43 Å². The van der Waals surface area contributed by atoms with Crippen LogP contribution < -0.4 is 10.2 Å². The van der Waals surface area contributed by atoms with Gasteiger partial charge in [0.1, 0.15) is 0 Å². The fraction of sp³-hybridized carbons (Fsp3) is 0.182. The second-order valence-corrected chi connectivity index (χ2v) is 2.67. The zero-order chi connectivity index (χ0) is 9.68. The molecule has 1 aromatic rings. The van der Waals surface area contributed by atoms with E-state index in [1.807, 2.05) is 6.07 Å². The lowest BCUT2D eigenvalue weighted by atomic mass is 10.2. The van der Waals surface area contributed by atoms with Gasteiger partial charge in [0.15, 0.2) is 5.75 Å². The number of allylic oxidation sites excluding steroid dienone is 1. The van der Waals surface area contributed by atoms with Crippen LogP contribution in [0.15, 0.2) is 41.7 Å². The molecule has 68 valence electrons. The Labute approximate surface area is 77.5 Å². The summed E-state index contributed by atoms with van der Waals surface area (Å²) >= 11 is 0.